The van der Waals surface area contributed by atoms with E-state index in [0.29, 0.717) is 66.9 Å². The van der Waals surface area contributed by atoms with Gasteiger partial charge in [0.1, 0.15) is 17.8 Å². The van der Waals surface area contributed by atoms with Crippen LogP contribution in [0.2, 0.25) is 0 Å². The number of ether oxygens (including phenoxy) is 1. The summed E-state index contributed by atoms with van der Waals surface area (Å²) in [6.07, 6.45) is 2.57. The van der Waals surface area contributed by atoms with Crippen LogP contribution >= 0.6 is 0 Å². The molecular weight excluding hydrogens is 751 g/mol. The van der Waals surface area contributed by atoms with Crippen LogP contribution in [-0.4, -0.2) is 77.4 Å². The third-order valence-corrected chi connectivity index (χ3v) is 11.0. The average molecular weight is 800 g/mol. The third-order valence-electron chi connectivity index (χ3n) is 9.25. The van der Waals surface area contributed by atoms with Crippen LogP contribution in [0.1, 0.15) is 69.4 Å². The van der Waals surface area contributed by atoms with E-state index >= 15 is 0 Å². The molecule has 1 unspecified atom stereocenters. The number of aliphatic hydroxyl groups is 1. The van der Waals surface area contributed by atoms with Crippen LogP contribution in [-0.2, 0) is 31.0 Å². The van der Waals surface area contributed by atoms with Gasteiger partial charge in [0, 0.05) is 52.9 Å². The van der Waals surface area contributed by atoms with Gasteiger partial charge in [-0.3, -0.25) is 24.6 Å². The van der Waals surface area contributed by atoms with Gasteiger partial charge in [-0.2, -0.15) is 4.98 Å². The first-order chi connectivity index (χ1) is 27.1. The molecule has 0 spiro atoms. The van der Waals surface area contributed by atoms with E-state index in [1.807, 2.05) is 31.2 Å². The number of imide groups is 1. The summed E-state index contributed by atoms with van der Waals surface area (Å²) in [5.74, 6) is 0.576. The van der Waals surface area contributed by atoms with Gasteiger partial charge in [0.05, 0.1) is 24.1 Å². The predicted molar refractivity (Wildman–Crippen MR) is 216 cm³/mol. The van der Waals surface area contributed by atoms with Crippen molar-refractivity contribution in [3.05, 3.63) is 89.6 Å². The van der Waals surface area contributed by atoms with Crippen molar-refractivity contribution in [1.82, 2.24) is 30.2 Å². The zero-order valence-corrected chi connectivity index (χ0v) is 33.2. The van der Waals surface area contributed by atoms with Gasteiger partial charge in [-0.15, -0.1) is 0 Å². The highest BCUT2D eigenvalue weighted by Crippen LogP contribution is 2.38. The number of carbonyl (C=O) groups is 3. The Morgan fingerprint density at radius 3 is 2.58 bits per heavy atom. The summed E-state index contributed by atoms with van der Waals surface area (Å²) in [4.78, 5) is 48.0. The number of benzene rings is 3. The smallest absolute Gasteiger partial charge is 0.244 e. The normalized spacial score (nSPS) is 17.4. The minimum atomic E-state index is -3.71. The van der Waals surface area contributed by atoms with E-state index in [1.165, 1.54) is 0 Å². The van der Waals surface area contributed by atoms with E-state index in [9.17, 15) is 27.9 Å². The maximum atomic E-state index is 12.8. The van der Waals surface area contributed by atoms with Crippen molar-refractivity contribution in [3.8, 4) is 5.75 Å². The van der Waals surface area contributed by atoms with Crippen molar-refractivity contribution < 1.29 is 32.6 Å². The minimum absolute atomic E-state index is 0.0744. The second kappa shape index (κ2) is 17.8. The number of aryl methyl sites for hydroxylation is 1. The van der Waals surface area contributed by atoms with Crippen LogP contribution in [0.3, 0.4) is 0 Å². The van der Waals surface area contributed by atoms with E-state index in [0.717, 1.165) is 16.8 Å². The molecule has 3 aromatic carbocycles. The lowest BCUT2D eigenvalue weighted by Gasteiger charge is -2.28. The Kier molecular flexibility index (Phi) is 12.8. The molecule has 16 nitrogen and oxygen atoms in total. The molecule has 0 aliphatic carbocycles. The maximum Gasteiger partial charge on any atom is 0.244 e. The topological polar surface area (TPSA) is 216 Å². The number of hydrogen-bond donors (Lipinski definition) is 7. The van der Waals surface area contributed by atoms with Crippen molar-refractivity contribution in [2.45, 2.75) is 82.6 Å². The van der Waals surface area contributed by atoms with Crippen molar-refractivity contribution in [1.29, 1.82) is 0 Å². The first-order valence-corrected chi connectivity index (χ1v) is 20.3. The molecule has 6 rings (SSSR count). The number of nitrogens with zero attached hydrogens (tertiary/aromatic N) is 3. The molecule has 0 bridgehead atoms. The molecule has 57 heavy (non-hydrogen) atoms. The molecule has 302 valence electrons. The number of rotatable bonds is 15. The van der Waals surface area contributed by atoms with Gasteiger partial charge in [-0.05, 0) is 108 Å². The molecular formula is C40H49N9O7S. The van der Waals surface area contributed by atoms with Crippen molar-refractivity contribution in [3.63, 3.8) is 0 Å². The van der Waals surface area contributed by atoms with Gasteiger partial charge in [-0.1, -0.05) is 18.2 Å². The number of carbonyl (C=O) groups excluding carboxylic acids is 3. The van der Waals surface area contributed by atoms with Crippen LogP contribution < -0.4 is 36.0 Å². The second-order valence-corrected chi connectivity index (χ2v) is 16.7. The Morgan fingerprint density at radius 2 is 1.81 bits per heavy atom. The van der Waals surface area contributed by atoms with Crippen molar-refractivity contribution in [2.75, 3.05) is 35.6 Å². The first-order valence-electron chi connectivity index (χ1n) is 18.8. The lowest BCUT2D eigenvalue weighted by molar-refractivity contribution is -0.135. The number of nitrogens with one attached hydrogen (secondary N) is 6. The quantitative estimate of drug-likeness (QED) is 0.0659. The van der Waals surface area contributed by atoms with E-state index in [1.54, 1.807) is 74.3 Å². The van der Waals surface area contributed by atoms with Gasteiger partial charge < -0.3 is 31.1 Å². The summed E-state index contributed by atoms with van der Waals surface area (Å²) in [6, 6.07) is 18.5. The maximum absolute atomic E-state index is 12.8. The first kappa shape index (κ1) is 41.2. The van der Waals surface area contributed by atoms with Gasteiger partial charge in [-0.25, -0.2) is 18.1 Å². The predicted octanol–water partition coefficient (Wildman–Crippen LogP) is 4.35. The summed E-state index contributed by atoms with van der Waals surface area (Å²) in [6.45, 7) is 8.52. The highest BCUT2D eigenvalue weighted by Gasteiger charge is 2.39. The number of aromatic nitrogens is 2. The van der Waals surface area contributed by atoms with Gasteiger partial charge in [0.25, 0.3) is 0 Å². The zero-order valence-electron chi connectivity index (χ0n) is 32.4. The second-order valence-electron chi connectivity index (χ2n) is 15.0. The van der Waals surface area contributed by atoms with Crippen LogP contribution in [0.15, 0.2) is 77.8 Å². The van der Waals surface area contributed by atoms with Crippen LogP contribution in [0.5, 0.6) is 5.75 Å². The lowest BCUT2D eigenvalue weighted by Crippen LogP contribution is -2.46. The molecule has 2 aliphatic rings. The molecule has 0 radical (unpaired) electrons. The fourth-order valence-electron chi connectivity index (χ4n) is 6.57. The molecule has 3 amide bonds. The summed E-state index contributed by atoms with van der Waals surface area (Å²) < 4.78 is 34.2. The number of anilines is 5. The monoisotopic (exact) mass is 799 g/mol. The number of aliphatic hydroxyl groups excluding tert-OH is 1. The Bertz CT molecular complexity index is 2210. The Hall–Kier alpha value is -5.46. The molecule has 1 aromatic heterocycles. The summed E-state index contributed by atoms with van der Waals surface area (Å²) in [7, 11) is -3.71. The standard InChI is InChI=1S/C40H49N9O7S/c1-25-22-42-39(47-36(25)43-27-9-5-10-29(21-27)57(54,55)48-40(2,3)4)44-26-15-17-28(18-16-26)56-20-8-19-41-23-35(51)45-32-12-6-11-30-31(32)24-49(38(30)53)33-13-7-14-34(50)46-37(33)52/h5-6,9-12,15-18,21-22,33,38,41,48,53H,7-8,13-14,19-20,23-24H2,1-4H3,(H,45,51)(H,46,50,52)(H2,42,43,44,47)/t33-,38?/m0/s1. The number of hydrogen-bond acceptors (Lipinski definition) is 13. The minimum Gasteiger partial charge on any atom is -0.494 e. The van der Waals surface area contributed by atoms with Gasteiger partial charge in [0.15, 0.2) is 0 Å². The molecule has 3 heterocycles. The molecule has 0 saturated carbocycles. The average Bonchev–Trinajstić information content (AvgIpc) is 3.38. The molecule has 7 N–H and O–H groups in total. The van der Waals surface area contributed by atoms with E-state index < -0.39 is 33.7 Å². The molecule has 1 saturated heterocycles. The highest BCUT2D eigenvalue weighted by atomic mass is 32.2. The number of fused-ring (bicyclic) bond motifs is 1. The van der Waals surface area contributed by atoms with Gasteiger partial charge >= 0.3 is 0 Å². The SMILES string of the molecule is Cc1cnc(Nc2ccc(OCCCNCC(=O)Nc3cccc4c3CN([C@H]3CCCC(=O)NC3=O)C4O)cc2)nc1Nc1cccc(S(=O)(=O)NC(C)(C)C)c1. The lowest BCUT2D eigenvalue weighted by atomic mass is 10.1. The fourth-order valence-corrected chi connectivity index (χ4v) is 8.03. The third kappa shape index (κ3) is 10.9. The van der Waals surface area contributed by atoms with Crippen LogP contribution in [0, 0.1) is 6.92 Å². The van der Waals surface area contributed by atoms with E-state index in [-0.39, 0.29) is 36.2 Å². The zero-order chi connectivity index (χ0) is 40.7. The van der Waals surface area contributed by atoms with Gasteiger partial charge in [0.2, 0.25) is 33.7 Å². The fraction of sp³-hybridized carbons (Fsp3) is 0.375. The Labute approximate surface area is 332 Å². The highest BCUT2D eigenvalue weighted by molar-refractivity contribution is 7.89. The largest absolute Gasteiger partial charge is 0.494 e. The van der Waals surface area contributed by atoms with E-state index in [2.05, 4.69) is 41.3 Å². The molecule has 17 heteroatoms. The van der Waals surface area contributed by atoms with Crippen molar-refractivity contribution >= 4 is 56.6 Å². The molecule has 2 atom stereocenters. The Balaban J connectivity index is 0.929. The number of amides is 3. The summed E-state index contributed by atoms with van der Waals surface area (Å²) in [5.41, 5.74) is 3.40. The molecule has 2 aliphatic heterocycles. The van der Waals surface area contributed by atoms with E-state index in [4.69, 9.17) is 4.74 Å². The summed E-state index contributed by atoms with van der Waals surface area (Å²) >= 11 is 0. The molecule has 1 fully saturated rings. The summed E-state index contributed by atoms with van der Waals surface area (Å²) in [5, 5.41) is 25.8. The molecule has 4 aromatic rings. The van der Waals surface area contributed by atoms with Crippen LogP contribution in [0.25, 0.3) is 0 Å². The van der Waals surface area contributed by atoms with Crippen LogP contribution in [0.4, 0.5) is 28.8 Å². The number of sulfonamides is 1. The van der Waals surface area contributed by atoms with Crippen molar-refractivity contribution in [2.24, 2.45) is 0 Å². The Morgan fingerprint density at radius 1 is 1.04 bits per heavy atom.